The van der Waals surface area contributed by atoms with Crippen LogP contribution < -0.4 is 11.1 Å². The van der Waals surface area contributed by atoms with Crippen molar-refractivity contribution in [3.8, 4) is 6.07 Å². The standard InChI is InChI=1S/C15H14BrN3/c1-9-4-3-5-14(11(9)8-17)19-15-6-10(2)13(18)7-12(15)16/h3-7,19H,18H2,1-2H3. The van der Waals surface area contributed by atoms with Gasteiger partial charge in [0.1, 0.15) is 6.07 Å². The van der Waals surface area contributed by atoms with Crippen molar-refractivity contribution in [1.82, 2.24) is 0 Å². The van der Waals surface area contributed by atoms with Crippen LogP contribution in [0, 0.1) is 25.2 Å². The van der Waals surface area contributed by atoms with Crippen molar-refractivity contribution in [2.45, 2.75) is 13.8 Å². The lowest BCUT2D eigenvalue weighted by atomic mass is 10.1. The summed E-state index contributed by atoms with van der Waals surface area (Å²) in [6.45, 7) is 3.88. The predicted octanol–water partition coefficient (Wildman–Crippen LogP) is 4.26. The lowest BCUT2D eigenvalue weighted by Crippen LogP contribution is -1.98. The van der Waals surface area contributed by atoms with Crippen molar-refractivity contribution in [3.63, 3.8) is 0 Å². The van der Waals surface area contributed by atoms with Gasteiger partial charge in [0.25, 0.3) is 0 Å². The van der Waals surface area contributed by atoms with Crippen LogP contribution >= 0.6 is 15.9 Å². The van der Waals surface area contributed by atoms with Crippen LogP contribution in [0.25, 0.3) is 0 Å². The molecule has 4 heteroatoms. The van der Waals surface area contributed by atoms with Gasteiger partial charge in [-0.15, -0.1) is 0 Å². The molecule has 0 saturated carbocycles. The molecule has 0 radical (unpaired) electrons. The third kappa shape index (κ3) is 2.72. The van der Waals surface area contributed by atoms with Gasteiger partial charge in [0.2, 0.25) is 0 Å². The van der Waals surface area contributed by atoms with Gasteiger partial charge in [-0.05, 0) is 59.1 Å². The number of hydrogen-bond acceptors (Lipinski definition) is 3. The van der Waals surface area contributed by atoms with E-state index in [-0.39, 0.29) is 0 Å². The topological polar surface area (TPSA) is 61.8 Å². The number of benzene rings is 2. The molecule has 0 aromatic heterocycles. The lowest BCUT2D eigenvalue weighted by molar-refractivity contribution is 1.37. The van der Waals surface area contributed by atoms with Crippen molar-refractivity contribution < 1.29 is 0 Å². The zero-order valence-electron chi connectivity index (χ0n) is 10.8. The molecular formula is C15H14BrN3. The molecule has 19 heavy (non-hydrogen) atoms. The Hall–Kier alpha value is -1.99. The molecule has 0 atom stereocenters. The molecule has 0 aliphatic heterocycles. The fourth-order valence-corrected chi connectivity index (χ4v) is 2.32. The average molecular weight is 316 g/mol. The van der Waals surface area contributed by atoms with Gasteiger partial charge in [-0.25, -0.2) is 0 Å². The van der Waals surface area contributed by atoms with Gasteiger partial charge >= 0.3 is 0 Å². The molecule has 2 rings (SSSR count). The van der Waals surface area contributed by atoms with Gasteiger partial charge in [-0.2, -0.15) is 5.26 Å². The quantitative estimate of drug-likeness (QED) is 0.814. The molecule has 2 aromatic rings. The number of nitrogens with one attached hydrogen (secondary N) is 1. The fourth-order valence-electron chi connectivity index (χ4n) is 1.86. The van der Waals surface area contributed by atoms with Crippen molar-refractivity contribution >= 4 is 33.0 Å². The van der Waals surface area contributed by atoms with Gasteiger partial charge in [-0.1, -0.05) is 12.1 Å². The van der Waals surface area contributed by atoms with Crippen molar-refractivity contribution in [3.05, 3.63) is 51.5 Å². The van der Waals surface area contributed by atoms with E-state index in [1.807, 2.05) is 44.2 Å². The average Bonchev–Trinajstić information content (AvgIpc) is 2.36. The van der Waals surface area contributed by atoms with Crippen LogP contribution in [0.1, 0.15) is 16.7 Å². The van der Waals surface area contributed by atoms with Crippen LogP contribution in [-0.2, 0) is 0 Å². The second kappa shape index (κ2) is 5.33. The first-order valence-electron chi connectivity index (χ1n) is 5.85. The fraction of sp³-hybridized carbons (Fsp3) is 0.133. The van der Waals surface area contributed by atoms with E-state index in [0.29, 0.717) is 5.56 Å². The van der Waals surface area contributed by atoms with Crippen LogP contribution in [0.4, 0.5) is 17.1 Å². The van der Waals surface area contributed by atoms with Crippen molar-refractivity contribution in [2.24, 2.45) is 0 Å². The van der Waals surface area contributed by atoms with Gasteiger partial charge in [0, 0.05) is 10.2 Å². The molecule has 0 bridgehead atoms. The molecule has 3 nitrogen and oxygen atoms in total. The number of nitrogen functional groups attached to an aromatic ring is 1. The Balaban J connectivity index is 2.45. The molecule has 0 heterocycles. The second-order valence-electron chi connectivity index (χ2n) is 4.42. The second-order valence-corrected chi connectivity index (χ2v) is 5.28. The highest BCUT2D eigenvalue weighted by Crippen LogP contribution is 2.31. The minimum absolute atomic E-state index is 0.656. The summed E-state index contributed by atoms with van der Waals surface area (Å²) < 4.78 is 0.876. The first kappa shape index (κ1) is 13.4. The monoisotopic (exact) mass is 315 g/mol. The summed E-state index contributed by atoms with van der Waals surface area (Å²) in [6, 6.07) is 11.8. The molecule has 3 N–H and O–H groups in total. The minimum atomic E-state index is 0.656. The molecular weight excluding hydrogens is 302 g/mol. The Bertz CT molecular complexity index is 672. The van der Waals surface area contributed by atoms with E-state index in [2.05, 4.69) is 27.3 Å². The van der Waals surface area contributed by atoms with E-state index in [1.165, 1.54) is 0 Å². The number of nitrogens with two attached hydrogens (primary N) is 1. The number of nitriles is 1. The summed E-state index contributed by atoms with van der Waals surface area (Å²) in [6.07, 6.45) is 0. The first-order valence-corrected chi connectivity index (χ1v) is 6.64. The normalized spacial score (nSPS) is 10.0. The molecule has 0 amide bonds. The number of nitrogens with zero attached hydrogens (tertiary/aromatic N) is 1. The molecule has 0 unspecified atom stereocenters. The van der Waals surface area contributed by atoms with Crippen LogP contribution in [0.3, 0.4) is 0 Å². The maximum absolute atomic E-state index is 9.22. The van der Waals surface area contributed by atoms with E-state index < -0.39 is 0 Å². The van der Waals surface area contributed by atoms with Gasteiger partial charge < -0.3 is 11.1 Å². The molecule has 2 aromatic carbocycles. The number of rotatable bonds is 2. The highest BCUT2D eigenvalue weighted by Gasteiger charge is 2.08. The number of aryl methyl sites for hydroxylation is 2. The summed E-state index contributed by atoms with van der Waals surface area (Å²) >= 11 is 3.48. The molecule has 0 aliphatic rings. The third-order valence-corrected chi connectivity index (χ3v) is 3.67. The van der Waals surface area contributed by atoms with Crippen LogP contribution in [0.2, 0.25) is 0 Å². The zero-order valence-corrected chi connectivity index (χ0v) is 12.4. The van der Waals surface area contributed by atoms with Gasteiger partial charge in [0.05, 0.1) is 16.9 Å². The number of hydrogen-bond donors (Lipinski definition) is 2. The van der Waals surface area contributed by atoms with Crippen LogP contribution in [-0.4, -0.2) is 0 Å². The smallest absolute Gasteiger partial charge is 0.102 e. The molecule has 0 fully saturated rings. The molecule has 96 valence electrons. The maximum atomic E-state index is 9.22. The molecule has 0 aliphatic carbocycles. The largest absolute Gasteiger partial charge is 0.398 e. The molecule has 0 saturated heterocycles. The number of halogens is 1. The van der Waals surface area contributed by atoms with E-state index >= 15 is 0 Å². The summed E-state index contributed by atoms with van der Waals surface area (Å²) in [5.41, 5.74) is 10.9. The van der Waals surface area contributed by atoms with Gasteiger partial charge in [0.15, 0.2) is 0 Å². The highest BCUT2D eigenvalue weighted by molar-refractivity contribution is 9.10. The third-order valence-electron chi connectivity index (χ3n) is 3.01. The van der Waals surface area contributed by atoms with Crippen molar-refractivity contribution in [2.75, 3.05) is 11.1 Å². The van der Waals surface area contributed by atoms with Crippen LogP contribution in [0.15, 0.2) is 34.8 Å². The van der Waals surface area contributed by atoms with E-state index in [1.54, 1.807) is 0 Å². The minimum Gasteiger partial charge on any atom is -0.398 e. The Morgan fingerprint density at radius 3 is 2.58 bits per heavy atom. The summed E-state index contributed by atoms with van der Waals surface area (Å²) in [7, 11) is 0. The van der Waals surface area contributed by atoms with E-state index in [9.17, 15) is 5.26 Å². The Kier molecular flexibility index (Phi) is 3.77. The summed E-state index contributed by atoms with van der Waals surface area (Å²) in [5, 5.41) is 12.5. The predicted molar refractivity (Wildman–Crippen MR) is 82.5 cm³/mol. The zero-order chi connectivity index (χ0) is 14.0. The number of anilines is 3. The summed E-state index contributed by atoms with van der Waals surface area (Å²) in [4.78, 5) is 0. The Labute approximate surface area is 121 Å². The highest BCUT2D eigenvalue weighted by atomic mass is 79.9. The van der Waals surface area contributed by atoms with E-state index in [0.717, 1.165) is 32.7 Å². The maximum Gasteiger partial charge on any atom is 0.102 e. The molecule has 0 spiro atoms. The SMILES string of the molecule is Cc1cc(Nc2cccc(C)c2C#N)c(Br)cc1N. The van der Waals surface area contributed by atoms with Gasteiger partial charge in [-0.3, -0.25) is 0 Å². The lowest BCUT2D eigenvalue weighted by Gasteiger charge is -2.13. The van der Waals surface area contributed by atoms with Crippen LogP contribution in [0.5, 0.6) is 0 Å². The van der Waals surface area contributed by atoms with Crippen molar-refractivity contribution in [1.29, 1.82) is 5.26 Å². The van der Waals surface area contributed by atoms with E-state index in [4.69, 9.17) is 5.73 Å². The Morgan fingerprint density at radius 1 is 1.16 bits per heavy atom. The first-order chi connectivity index (χ1) is 9.02. The summed E-state index contributed by atoms with van der Waals surface area (Å²) in [5.74, 6) is 0. The Morgan fingerprint density at radius 2 is 1.89 bits per heavy atom.